The van der Waals surface area contributed by atoms with E-state index in [0.717, 1.165) is 0 Å². The maximum Gasteiger partial charge on any atom is 0.226 e. The van der Waals surface area contributed by atoms with Gasteiger partial charge in [0.2, 0.25) is 11.8 Å². The van der Waals surface area contributed by atoms with Crippen LogP contribution in [0.25, 0.3) is 0 Å². The largest absolute Gasteiger partial charge is 0.396 e. The van der Waals surface area contributed by atoms with E-state index >= 15 is 0 Å². The third-order valence-electron chi connectivity index (χ3n) is 3.65. The number of primary amides is 2. The van der Waals surface area contributed by atoms with E-state index < -0.39 is 30.5 Å². The SMILES string of the molecule is NC(=O)C1C(I)=CC(I)(CCO)C(C(N)=O)C1(I)CCO. The van der Waals surface area contributed by atoms with E-state index in [-0.39, 0.29) is 19.6 Å². The van der Waals surface area contributed by atoms with Crippen LogP contribution < -0.4 is 11.5 Å². The van der Waals surface area contributed by atoms with Gasteiger partial charge in [-0.15, -0.1) is 0 Å². The van der Waals surface area contributed by atoms with Crippen molar-refractivity contribution in [2.45, 2.75) is 19.7 Å². The fourth-order valence-corrected chi connectivity index (χ4v) is 9.28. The first kappa shape index (κ1) is 19.8. The summed E-state index contributed by atoms with van der Waals surface area (Å²) in [6, 6.07) is 0. The van der Waals surface area contributed by atoms with Gasteiger partial charge in [-0.3, -0.25) is 9.59 Å². The minimum absolute atomic E-state index is 0.111. The number of carbonyl (C=O) groups is 2. The lowest BCUT2D eigenvalue weighted by molar-refractivity contribution is -0.126. The Morgan fingerprint density at radius 1 is 1.14 bits per heavy atom. The molecule has 0 heterocycles. The lowest BCUT2D eigenvalue weighted by atomic mass is 9.67. The Morgan fingerprint density at radius 2 is 1.67 bits per heavy atom. The number of alkyl halides is 2. The Hall–Kier alpha value is 0.790. The van der Waals surface area contributed by atoms with Crippen molar-refractivity contribution in [1.82, 2.24) is 0 Å². The second-order valence-electron chi connectivity index (χ2n) is 5.00. The van der Waals surface area contributed by atoms with Crippen molar-refractivity contribution in [2.24, 2.45) is 23.3 Å². The maximum absolute atomic E-state index is 12.1. The van der Waals surface area contributed by atoms with Crippen LogP contribution in [0.2, 0.25) is 0 Å². The third kappa shape index (κ3) is 3.83. The summed E-state index contributed by atoms with van der Waals surface area (Å²) in [5.41, 5.74) is 11.1. The van der Waals surface area contributed by atoms with Crippen LogP contribution in [0.1, 0.15) is 12.8 Å². The molecule has 21 heavy (non-hydrogen) atoms. The van der Waals surface area contributed by atoms with Gasteiger partial charge in [-0.1, -0.05) is 51.3 Å². The van der Waals surface area contributed by atoms with E-state index in [1.54, 1.807) is 6.08 Å². The number of hydrogen-bond donors (Lipinski definition) is 4. The predicted molar refractivity (Wildman–Crippen MR) is 104 cm³/mol. The first-order valence-electron chi connectivity index (χ1n) is 6.20. The monoisotopic (exact) mass is 634 g/mol. The van der Waals surface area contributed by atoms with Crippen LogP contribution >= 0.6 is 67.8 Å². The van der Waals surface area contributed by atoms with Gasteiger partial charge in [0.1, 0.15) is 0 Å². The van der Waals surface area contributed by atoms with Gasteiger partial charge in [0.05, 0.1) is 18.7 Å². The van der Waals surface area contributed by atoms with Crippen LogP contribution in [0.3, 0.4) is 0 Å². The zero-order chi connectivity index (χ0) is 16.4. The van der Waals surface area contributed by atoms with Gasteiger partial charge in [-0.05, 0) is 35.4 Å². The second-order valence-corrected chi connectivity index (χ2v) is 10.3. The topological polar surface area (TPSA) is 127 Å². The fraction of sp³-hybridized carbons (Fsp3) is 0.667. The highest BCUT2D eigenvalue weighted by Crippen LogP contribution is 2.56. The number of amides is 2. The van der Waals surface area contributed by atoms with E-state index in [1.165, 1.54) is 0 Å². The predicted octanol–water partition coefficient (Wildman–Crippen LogP) is 0.634. The molecule has 0 spiro atoms. The quantitative estimate of drug-likeness (QED) is 0.253. The number of aliphatic hydroxyl groups is 2. The number of hydrogen-bond acceptors (Lipinski definition) is 4. The van der Waals surface area contributed by atoms with Crippen molar-refractivity contribution >= 4 is 79.6 Å². The molecule has 0 aromatic heterocycles. The summed E-state index contributed by atoms with van der Waals surface area (Å²) < 4.78 is -0.911. The van der Waals surface area contributed by atoms with Crippen LogP contribution in [0.15, 0.2) is 9.66 Å². The van der Waals surface area contributed by atoms with Crippen LogP contribution in [0.5, 0.6) is 0 Å². The molecule has 0 saturated carbocycles. The van der Waals surface area contributed by atoms with E-state index in [0.29, 0.717) is 10.0 Å². The number of rotatable bonds is 6. The van der Waals surface area contributed by atoms with E-state index in [4.69, 9.17) is 11.5 Å². The maximum atomic E-state index is 12.1. The molecule has 4 unspecified atom stereocenters. The molecule has 9 heteroatoms. The lowest BCUT2D eigenvalue weighted by Gasteiger charge is -2.49. The Kier molecular flexibility index (Phi) is 7.15. The summed E-state index contributed by atoms with van der Waals surface area (Å²) in [5.74, 6) is -2.52. The van der Waals surface area contributed by atoms with Crippen LogP contribution in [-0.2, 0) is 9.59 Å². The van der Waals surface area contributed by atoms with Gasteiger partial charge < -0.3 is 21.7 Å². The average molecular weight is 634 g/mol. The molecule has 120 valence electrons. The molecule has 1 aliphatic carbocycles. The third-order valence-corrected chi connectivity index (χ3v) is 7.85. The minimum Gasteiger partial charge on any atom is -0.396 e. The lowest BCUT2D eigenvalue weighted by Crippen LogP contribution is -2.60. The van der Waals surface area contributed by atoms with Gasteiger partial charge >= 0.3 is 0 Å². The summed E-state index contributed by atoms with van der Waals surface area (Å²) in [6.45, 7) is -0.299. The van der Waals surface area contributed by atoms with Crippen LogP contribution in [0.4, 0.5) is 0 Å². The molecule has 6 N–H and O–H groups in total. The van der Waals surface area contributed by atoms with E-state index in [2.05, 4.69) is 22.6 Å². The number of allylic oxidation sites excluding steroid dienone is 1. The zero-order valence-electron chi connectivity index (χ0n) is 11.1. The van der Waals surface area contributed by atoms with Crippen molar-refractivity contribution < 1.29 is 19.8 Å². The molecule has 4 atom stereocenters. The molecule has 1 rings (SSSR count). The molecule has 0 aliphatic heterocycles. The summed E-state index contributed by atoms with van der Waals surface area (Å²) >= 11 is 6.16. The van der Waals surface area contributed by atoms with Crippen molar-refractivity contribution in [3.05, 3.63) is 9.66 Å². The molecule has 0 aromatic rings. The van der Waals surface area contributed by atoms with Crippen LogP contribution in [-0.4, -0.2) is 42.1 Å². The molecule has 0 fully saturated rings. The van der Waals surface area contributed by atoms with E-state index in [9.17, 15) is 19.8 Å². The fourth-order valence-electron chi connectivity index (χ4n) is 2.88. The first-order valence-corrected chi connectivity index (χ1v) is 9.44. The minimum atomic E-state index is -0.911. The Balaban J connectivity index is 3.55. The van der Waals surface area contributed by atoms with Crippen molar-refractivity contribution in [2.75, 3.05) is 13.2 Å². The second kappa shape index (κ2) is 7.57. The van der Waals surface area contributed by atoms with Gasteiger partial charge in [-0.2, -0.15) is 0 Å². The van der Waals surface area contributed by atoms with Crippen LogP contribution in [0, 0.1) is 11.8 Å². The molecule has 6 nitrogen and oxygen atoms in total. The number of carbonyl (C=O) groups excluding carboxylic acids is 2. The molecular formula is C12H17I3N2O4. The normalized spacial score (nSPS) is 36.1. The summed E-state index contributed by atoms with van der Waals surface area (Å²) in [4.78, 5) is 24.0. The van der Waals surface area contributed by atoms with Gasteiger partial charge in [0.15, 0.2) is 0 Å². The zero-order valence-corrected chi connectivity index (χ0v) is 17.5. The molecule has 0 radical (unpaired) electrons. The van der Waals surface area contributed by atoms with Crippen molar-refractivity contribution in [3.63, 3.8) is 0 Å². The van der Waals surface area contributed by atoms with Gasteiger partial charge in [0.25, 0.3) is 0 Å². The highest BCUT2D eigenvalue weighted by molar-refractivity contribution is 14.1. The number of halogens is 3. The average Bonchev–Trinajstić information content (AvgIpc) is 2.25. The standard InChI is InChI=1S/C12H17I3N2O4/c13-6-5-11(14,1-3-18)8(10(17)21)12(15,2-4-19)7(6)9(16)20/h5,7-8,18-19H,1-4H2,(H2,16,20)(H2,17,21). The van der Waals surface area contributed by atoms with Crippen molar-refractivity contribution in [1.29, 1.82) is 0 Å². The Labute approximate surface area is 163 Å². The number of aliphatic hydroxyl groups excluding tert-OH is 2. The van der Waals surface area contributed by atoms with Gasteiger partial charge in [-0.25, -0.2) is 0 Å². The summed E-state index contributed by atoms with van der Waals surface area (Å²) in [6.07, 6.45) is 2.34. The summed E-state index contributed by atoms with van der Waals surface area (Å²) in [7, 11) is 0. The molecule has 0 saturated heterocycles. The molecule has 2 amide bonds. The summed E-state index contributed by atoms with van der Waals surface area (Å²) in [5, 5.41) is 18.7. The Bertz CT molecular complexity index is 473. The molecule has 0 aromatic carbocycles. The number of nitrogens with two attached hydrogens (primary N) is 2. The smallest absolute Gasteiger partial charge is 0.226 e. The van der Waals surface area contributed by atoms with Gasteiger partial charge in [0, 0.05) is 16.8 Å². The molecule has 0 bridgehead atoms. The Morgan fingerprint density at radius 3 is 2.05 bits per heavy atom. The molecule has 1 aliphatic rings. The highest BCUT2D eigenvalue weighted by atomic mass is 127. The first-order chi connectivity index (χ1) is 9.64. The highest BCUT2D eigenvalue weighted by Gasteiger charge is 2.59. The van der Waals surface area contributed by atoms with E-state index in [1.807, 2.05) is 45.2 Å². The molecular weight excluding hydrogens is 617 g/mol. The van der Waals surface area contributed by atoms with Crippen molar-refractivity contribution in [3.8, 4) is 0 Å².